The molecule has 4 nitrogen and oxygen atoms in total. The number of piperidine rings is 1. The van der Waals surface area contributed by atoms with E-state index >= 15 is 0 Å². The third-order valence-electron chi connectivity index (χ3n) is 4.95. The lowest BCUT2D eigenvalue weighted by Gasteiger charge is -2.40. The van der Waals surface area contributed by atoms with E-state index in [1.165, 1.54) is 5.56 Å². The lowest BCUT2D eigenvalue weighted by Crippen LogP contribution is -2.47. The van der Waals surface area contributed by atoms with E-state index in [9.17, 15) is 9.90 Å². The fourth-order valence-corrected chi connectivity index (χ4v) is 3.69. The number of hydrogen-bond acceptors (Lipinski definition) is 3. The second-order valence-corrected chi connectivity index (χ2v) is 6.55. The molecule has 2 unspecified atom stereocenters. The predicted molar refractivity (Wildman–Crippen MR) is 94.0 cm³/mol. The topological polar surface area (TPSA) is 53.4 Å². The van der Waals surface area contributed by atoms with Gasteiger partial charge in [-0.25, -0.2) is 0 Å². The second kappa shape index (κ2) is 7.14. The summed E-state index contributed by atoms with van der Waals surface area (Å²) >= 11 is 0. The van der Waals surface area contributed by atoms with Crippen molar-refractivity contribution in [3.8, 4) is 0 Å². The molecule has 1 fully saturated rings. The summed E-state index contributed by atoms with van der Waals surface area (Å²) in [5, 5.41) is 9.73. The largest absolute Gasteiger partial charge is 0.480 e. The number of carbonyl (C=O) groups is 1. The summed E-state index contributed by atoms with van der Waals surface area (Å²) in [6.07, 6.45) is 4.49. The SMILES string of the molecule is Cc1ccccc1C(c1ncccc1C)N1CCCCC1C(=O)O. The predicted octanol–water partition coefficient (Wildman–Crippen LogP) is 3.73. The molecule has 4 heteroatoms. The lowest BCUT2D eigenvalue weighted by atomic mass is 9.90. The van der Waals surface area contributed by atoms with Gasteiger partial charge in [0.15, 0.2) is 0 Å². The number of aromatic nitrogens is 1. The van der Waals surface area contributed by atoms with E-state index in [1.807, 2.05) is 31.2 Å². The Bertz CT molecular complexity index is 684. The zero-order chi connectivity index (χ0) is 17.1. The van der Waals surface area contributed by atoms with Crippen LogP contribution in [0.15, 0.2) is 42.6 Å². The van der Waals surface area contributed by atoms with Crippen molar-refractivity contribution < 1.29 is 9.90 Å². The minimum atomic E-state index is -0.734. The van der Waals surface area contributed by atoms with E-state index in [2.05, 4.69) is 28.9 Å². The lowest BCUT2D eigenvalue weighted by molar-refractivity contribution is -0.145. The molecule has 126 valence electrons. The molecule has 2 aromatic rings. The maximum Gasteiger partial charge on any atom is 0.320 e. The van der Waals surface area contributed by atoms with Crippen LogP contribution in [-0.4, -0.2) is 33.5 Å². The van der Waals surface area contributed by atoms with E-state index in [0.717, 1.165) is 36.2 Å². The van der Waals surface area contributed by atoms with Gasteiger partial charge in [0.05, 0.1) is 11.7 Å². The van der Waals surface area contributed by atoms with E-state index in [1.54, 1.807) is 6.20 Å². The number of benzene rings is 1. The highest BCUT2D eigenvalue weighted by Crippen LogP contribution is 2.35. The van der Waals surface area contributed by atoms with Crippen molar-refractivity contribution in [3.63, 3.8) is 0 Å². The van der Waals surface area contributed by atoms with Gasteiger partial charge in [0, 0.05) is 6.20 Å². The number of hydrogen-bond donors (Lipinski definition) is 1. The van der Waals surface area contributed by atoms with Crippen LogP contribution in [0.1, 0.15) is 47.7 Å². The normalized spacial score (nSPS) is 19.8. The standard InChI is InChI=1S/C20H24N2O2/c1-14-8-3-4-10-16(14)19(18-15(2)9-7-12-21-18)22-13-6-5-11-17(22)20(23)24/h3-4,7-10,12,17,19H,5-6,11,13H2,1-2H3,(H,23,24). The van der Waals surface area contributed by atoms with Crippen molar-refractivity contribution in [2.45, 2.75) is 45.2 Å². The number of carboxylic acids is 1. The monoisotopic (exact) mass is 324 g/mol. The van der Waals surface area contributed by atoms with Crippen LogP contribution < -0.4 is 0 Å². The molecule has 1 aromatic carbocycles. The van der Waals surface area contributed by atoms with Gasteiger partial charge in [-0.15, -0.1) is 0 Å². The maximum atomic E-state index is 11.8. The number of pyridine rings is 1. The molecule has 2 heterocycles. The molecule has 1 saturated heterocycles. The Morgan fingerprint density at radius 1 is 1.17 bits per heavy atom. The van der Waals surface area contributed by atoms with Gasteiger partial charge in [0.2, 0.25) is 0 Å². The molecule has 0 saturated carbocycles. The van der Waals surface area contributed by atoms with E-state index in [-0.39, 0.29) is 6.04 Å². The summed E-state index contributed by atoms with van der Waals surface area (Å²) in [4.78, 5) is 18.6. The average molecular weight is 324 g/mol. The Morgan fingerprint density at radius 3 is 2.62 bits per heavy atom. The van der Waals surface area contributed by atoms with Crippen LogP contribution >= 0.6 is 0 Å². The highest BCUT2D eigenvalue weighted by molar-refractivity contribution is 5.73. The van der Waals surface area contributed by atoms with E-state index < -0.39 is 12.0 Å². The summed E-state index contributed by atoms with van der Waals surface area (Å²) in [7, 11) is 0. The van der Waals surface area contributed by atoms with Crippen molar-refractivity contribution >= 4 is 5.97 Å². The quantitative estimate of drug-likeness (QED) is 0.931. The third kappa shape index (κ3) is 3.20. The first kappa shape index (κ1) is 16.7. The summed E-state index contributed by atoms with van der Waals surface area (Å²) in [6.45, 7) is 4.92. The second-order valence-electron chi connectivity index (χ2n) is 6.55. The first-order valence-corrected chi connectivity index (χ1v) is 8.55. The number of nitrogens with zero attached hydrogens (tertiary/aromatic N) is 2. The van der Waals surface area contributed by atoms with E-state index in [0.29, 0.717) is 6.42 Å². The Morgan fingerprint density at radius 2 is 1.92 bits per heavy atom. The van der Waals surface area contributed by atoms with Crippen LogP contribution in [0, 0.1) is 13.8 Å². The van der Waals surface area contributed by atoms with Crippen molar-refractivity contribution in [1.29, 1.82) is 0 Å². The number of carboxylic acid groups (broad SMARTS) is 1. The summed E-state index contributed by atoms with van der Waals surface area (Å²) in [5.74, 6) is -0.734. The van der Waals surface area contributed by atoms with Crippen LogP contribution in [0.5, 0.6) is 0 Å². The molecule has 0 bridgehead atoms. The fraction of sp³-hybridized carbons (Fsp3) is 0.400. The van der Waals surface area contributed by atoms with Crippen LogP contribution in [0.25, 0.3) is 0 Å². The molecule has 0 amide bonds. The highest BCUT2D eigenvalue weighted by Gasteiger charge is 2.36. The van der Waals surface area contributed by atoms with Crippen LogP contribution in [0.4, 0.5) is 0 Å². The first-order valence-electron chi connectivity index (χ1n) is 8.55. The van der Waals surface area contributed by atoms with Crippen molar-refractivity contribution in [3.05, 3.63) is 65.0 Å². The minimum Gasteiger partial charge on any atom is -0.480 e. The zero-order valence-electron chi connectivity index (χ0n) is 14.3. The van der Waals surface area contributed by atoms with Gasteiger partial charge in [-0.2, -0.15) is 0 Å². The maximum absolute atomic E-state index is 11.8. The van der Waals surface area contributed by atoms with Gasteiger partial charge in [-0.1, -0.05) is 36.8 Å². The average Bonchev–Trinajstić information content (AvgIpc) is 2.59. The third-order valence-corrected chi connectivity index (χ3v) is 4.95. The molecule has 1 aromatic heterocycles. The zero-order valence-corrected chi connectivity index (χ0v) is 14.3. The fourth-order valence-electron chi connectivity index (χ4n) is 3.69. The van der Waals surface area contributed by atoms with Gasteiger partial charge in [-0.3, -0.25) is 14.7 Å². The van der Waals surface area contributed by atoms with Crippen molar-refractivity contribution in [2.75, 3.05) is 6.54 Å². The molecule has 2 atom stereocenters. The van der Waals surface area contributed by atoms with Gasteiger partial charge in [0.25, 0.3) is 0 Å². The highest BCUT2D eigenvalue weighted by atomic mass is 16.4. The Kier molecular flexibility index (Phi) is 4.95. The van der Waals surface area contributed by atoms with E-state index in [4.69, 9.17) is 0 Å². The molecule has 0 aliphatic carbocycles. The molecular weight excluding hydrogens is 300 g/mol. The summed E-state index contributed by atoms with van der Waals surface area (Å²) in [5.41, 5.74) is 4.37. The van der Waals surface area contributed by atoms with Crippen LogP contribution in [0.2, 0.25) is 0 Å². The smallest absolute Gasteiger partial charge is 0.320 e. The van der Waals surface area contributed by atoms with Crippen LogP contribution in [-0.2, 0) is 4.79 Å². The first-order chi connectivity index (χ1) is 11.6. The van der Waals surface area contributed by atoms with Crippen molar-refractivity contribution in [1.82, 2.24) is 9.88 Å². The molecule has 24 heavy (non-hydrogen) atoms. The molecule has 1 aliphatic rings. The summed E-state index contributed by atoms with van der Waals surface area (Å²) in [6, 6.07) is 11.6. The number of likely N-dealkylation sites (tertiary alicyclic amines) is 1. The summed E-state index contributed by atoms with van der Waals surface area (Å²) < 4.78 is 0. The number of aliphatic carboxylic acids is 1. The molecule has 1 N–H and O–H groups in total. The Labute approximate surface area is 143 Å². The van der Waals surface area contributed by atoms with Gasteiger partial charge < -0.3 is 5.11 Å². The number of aryl methyl sites for hydroxylation is 2. The molecule has 0 radical (unpaired) electrons. The number of rotatable bonds is 4. The van der Waals surface area contributed by atoms with Gasteiger partial charge in [-0.05, 0) is 56.0 Å². The molecule has 1 aliphatic heterocycles. The molecule has 3 rings (SSSR count). The van der Waals surface area contributed by atoms with Crippen LogP contribution in [0.3, 0.4) is 0 Å². The van der Waals surface area contributed by atoms with Gasteiger partial charge in [0.1, 0.15) is 6.04 Å². The Balaban J connectivity index is 2.13. The molecular formula is C20H24N2O2. The molecule has 0 spiro atoms. The Hall–Kier alpha value is -2.20. The minimum absolute atomic E-state index is 0.117. The van der Waals surface area contributed by atoms with Gasteiger partial charge >= 0.3 is 5.97 Å². The van der Waals surface area contributed by atoms with Crippen molar-refractivity contribution in [2.24, 2.45) is 0 Å².